The number of rotatable bonds is 8. The van der Waals surface area contributed by atoms with Crippen molar-refractivity contribution in [3.05, 3.63) is 0 Å². The molecule has 0 aliphatic carbocycles. The molecule has 0 radical (unpaired) electrons. The molecule has 0 aromatic heterocycles. The first kappa shape index (κ1) is 17.5. The first-order valence-corrected chi connectivity index (χ1v) is 8.27. The highest BCUT2D eigenvalue weighted by molar-refractivity contribution is 7.57. The molecular formula is C7H16O8P2-2. The average Bonchev–Trinajstić information content (AvgIpc) is 2.13. The van der Waals surface area contributed by atoms with Crippen LogP contribution in [0, 0.1) is 0 Å². The molecule has 0 bridgehead atoms. The minimum absolute atomic E-state index is 0.118. The summed E-state index contributed by atoms with van der Waals surface area (Å²) in [7, 11) is -9.46. The Bertz CT molecular complexity index is 191. The molecule has 17 heavy (non-hydrogen) atoms. The largest absolute Gasteiger partial charge is 0.686 e. The standard InChI is InChI=1S/C7H18O8P2/c8-6(16(10,11)12)4-2-1-3-5-7(9)17(13,14)15/h6-9H,1-5H2,(H2,10,11,12)(H2,13,14,15)/p-2. The van der Waals surface area contributed by atoms with Gasteiger partial charge in [-0.15, -0.1) is 7.94 Å². The minimum atomic E-state index is -4.97. The summed E-state index contributed by atoms with van der Waals surface area (Å²) >= 11 is 0. The molecule has 4 N–H and O–H groups in total. The van der Waals surface area contributed by atoms with Crippen molar-refractivity contribution >= 4 is 15.9 Å². The monoisotopic (exact) mass is 290 g/mol. The normalized spacial score (nSPS) is 16.9. The summed E-state index contributed by atoms with van der Waals surface area (Å²) in [5.74, 6) is -3.65. The number of aliphatic hydroxyl groups is 2. The van der Waals surface area contributed by atoms with E-state index in [1.807, 2.05) is 0 Å². The summed E-state index contributed by atoms with van der Waals surface area (Å²) in [6, 6.07) is 0. The lowest BCUT2D eigenvalue weighted by atomic mass is 10.1. The SMILES string of the molecule is [O-][P+]([O-])([O-])C(O)CCCCCC(O)[P+]([O-])(O)O. The molecule has 0 saturated carbocycles. The van der Waals surface area contributed by atoms with Crippen molar-refractivity contribution in [3.8, 4) is 0 Å². The molecule has 0 aromatic carbocycles. The maximum Gasteiger partial charge on any atom is 0.259 e. The molecule has 8 nitrogen and oxygen atoms in total. The Balaban J connectivity index is 3.61. The highest BCUT2D eigenvalue weighted by atomic mass is 31.2. The Labute approximate surface area is 100.0 Å². The summed E-state index contributed by atoms with van der Waals surface area (Å²) in [6.45, 7) is 0. The van der Waals surface area contributed by atoms with E-state index < -0.39 is 27.6 Å². The van der Waals surface area contributed by atoms with Crippen LogP contribution < -0.4 is 19.6 Å². The van der Waals surface area contributed by atoms with Crippen LogP contribution in [0.5, 0.6) is 0 Å². The zero-order valence-corrected chi connectivity index (χ0v) is 10.8. The van der Waals surface area contributed by atoms with Gasteiger partial charge in [0, 0.05) is 12.8 Å². The van der Waals surface area contributed by atoms with Crippen LogP contribution in [-0.2, 0) is 0 Å². The van der Waals surface area contributed by atoms with Gasteiger partial charge in [0.25, 0.3) is 7.94 Å². The van der Waals surface area contributed by atoms with E-state index in [0.29, 0.717) is 6.42 Å². The quantitative estimate of drug-likeness (QED) is 0.263. The molecule has 2 atom stereocenters. The van der Waals surface area contributed by atoms with Gasteiger partial charge in [-0.2, -0.15) is 0 Å². The second-order valence-corrected chi connectivity index (χ2v) is 7.18. The zero-order valence-electron chi connectivity index (χ0n) is 9.01. The van der Waals surface area contributed by atoms with Gasteiger partial charge in [-0.3, -0.25) is 0 Å². The molecule has 10 heteroatoms. The summed E-state index contributed by atoms with van der Waals surface area (Å²) in [5.41, 5.74) is 0. The smallest absolute Gasteiger partial charge is 0.259 e. The van der Waals surface area contributed by atoms with Crippen molar-refractivity contribution in [3.63, 3.8) is 0 Å². The van der Waals surface area contributed by atoms with E-state index in [9.17, 15) is 19.6 Å². The number of unbranched alkanes of at least 4 members (excludes halogenated alkanes) is 2. The van der Waals surface area contributed by atoms with Gasteiger partial charge in [0.05, 0.1) is 0 Å². The van der Waals surface area contributed by atoms with E-state index in [0.717, 1.165) is 0 Å². The maximum atomic E-state index is 10.5. The van der Waals surface area contributed by atoms with Crippen LogP contribution >= 0.6 is 15.9 Å². The van der Waals surface area contributed by atoms with Gasteiger partial charge in [0.15, 0.2) is 0 Å². The summed E-state index contributed by atoms with van der Waals surface area (Å²) in [6.07, 6.45) is 0.516. The second-order valence-electron chi connectivity index (χ2n) is 3.73. The predicted octanol–water partition coefficient (Wildman–Crippen LogP) is -3.48. The van der Waals surface area contributed by atoms with Crippen molar-refractivity contribution < 1.29 is 39.6 Å². The van der Waals surface area contributed by atoms with Gasteiger partial charge in [-0.25, -0.2) is 9.79 Å². The molecule has 0 amide bonds. The number of hydrogen-bond acceptors (Lipinski definition) is 8. The van der Waals surface area contributed by atoms with Gasteiger partial charge < -0.3 is 29.8 Å². The zero-order chi connectivity index (χ0) is 13.7. The lowest BCUT2D eigenvalue weighted by Gasteiger charge is -2.45. The maximum absolute atomic E-state index is 10.5. The summed E-state index contributed by atoms with van der Waals surface area (Å²) in [4.78, 5) is 58.5. The number of aliphatic hydroxyl groups excluding tert-OH is 2. The molecule has 0 aliphatic heterocycles. The van der Waals surface area contributed by atoms with Crippen LogP contribution in [-0.4, -0.2) is 31.7 Å². The highest BCUT2D eigenvalue weighted by Crippen LogP contribution is 2.46. The summed E-state index contributed by atoms with van der Waals surface area (Å²) in [5, 5.41) is 17.8. The minimum Gasteiger partial charge on any atom is -0.686 e. The van der Waals surface area contributed by atoms with Crippen molar-refractivity contribution in [1.82, 2.24) is 0 Å². The molecule has 2 unspecified atom stereocenters. The van der Waals surface area contributed by atoms with E-state index in [-0.39, 0.29) is 25.7 Å². The Hall–Kier alpha value is 0.540. The average molecular weight is 290 g/mol. The third-order valence-electron chi connectivity index (χ3n) is 2.18. The molecule has 0 rings (SSSR count). The predicted molar refractivity (Wildman–Crippen MR) is 53.4 cm³/mol. The van der Waals surface area contributed by atoms with Crippen LogP contribution in [0.3, 0.4) is 0 Å². The molecule has 0 aliphatic rings. The first-order chi connectivity index (χ1) is 7.55. The highest BCUT2D eigenvalue weighted by Gasteiger charge is 2.30. The van der Waals surface area contributed by atoms with Crippen LogP contribution in [0.1, 0.15) is 32.1 Å². The van der Waals surface area contributed by atoms with Crippen molar-refractivity contribution in [2.45, 2.75) is 43.8 Å². The summed E-state index contributed by atoms with van der Waals surface area (Å²) < 4.78 is 0. The first-order valence-electron chi connectivity index (χ1n) is 4.98. The van der Waals surface area contributed by atoms with Gasteiger partial charge in [-0.1, -0.05) is 6.42 Å². The third kappa shape index (κ3) is 8.29. The third-order valence-corrected chi connectivity index (χ3v) is 4.20. The van der Waals surface area contributed by atoms with Crippen LogP contribution in [0.4, 0.5) is 0 Å². The fraction of sp³-hybridized carbons (Fsp3) is 1.00. The Morgan fingerprint density at radius 2 is 1.18 bits per heavy atom. The van der Waals surface area contributed by atoms with Gasteiger partial charge in [0.1, 0.15) is 5.85 Å². The molecule has 0 spiro atoms. The molecule has 0 fully saturated rings. The van der Waals surface area contributed by atoms with Crippen LogP contribution in [0.25, 0.3) is 0 Å². The van der Waals surface area contributed by atoms with E-state index in [1.165, 1.54) is 0 Å². The van der Waals surface area contributed by atoms with E-state index in [4.69, 9.17) is 20.0 Å². The van der Waals surface area contributed by atoms with Crippen molar-refractivity contribution in [2.24, 2.45) is 0 Å². The lowest BCUT2D eigenvalue weighted by molar-refractivity contribution is -0.436. The second kappa shape index (κ2) is 7.21. The Morgan fingerprint density at radius 3 is 1.53 bits per heavy atom. The fourth-order valence-corrected chi connectivity index (χ4v) is 2.17. The molecule has 0 heterocycles. The molecule has 0 aromatic rings. The number of hydrogen-bond donors (Lipinski definition) is 4. The van der Waals surface area contributed by atoms with E-state index in [2.05, 4.69) is 0 Å². The lowest BCUT2D eigenvalue weighted by Crippen LogP contribution is -2.40. The van der Waals surface area contributed by atoms with Crippen LogP contribution in [0.2, 0.25) is 0 Å². The van der Waals surface area contributed by atoms with Crippen molar-refractivity contribution in [2.75, 3.05) is 0 Å². The topological polar surface area (TPSA) is 173 Å². The van der Waals surface area contributed by atoms with Gasteiger partial charge >= 0.3 is 0 Å². The Kier molecular flexibility index (Phi) is 7.44. The molecular weight excluding hydrogens is 274 g/mol. The van der Waals surface area contributed by atoms with Gasteiger partial charge in [0.2, 0.25) is 5.85 Å². The van der Waals surface area contributed by atoms with Crippen LogP contribution in [0.15, 0.2) is 0 Å². The molecule has 0 saturated heterocycles. The van der Waals surface area contributed by atoms with Gasteiger partial charge in [-0.05, 0) is 12.8 Å². The van der Waals surface area contributed by atoms with Crippen molar-refractivity contribution in [1.29, 1.82) is 0 Å². The van der Waals surface area contributed by atoms with E-state index >= 15 is 0 Å². The Morgan fingerprint density at radius 1 is 0.765 bits per heavy atom. The molecule has 104 valence electrons. The fourth-order valence-electron chi connectivity index (χ4n) is 1.16. The van der Waals surface area contributed by atoms with E-state index in [1.54, 1.807) is 0 Å².